The third kappa shape index (κ3) is 5.82. The summed E-state index contributed by atoms with van der Waals surface area (Å²) < 4.78 is 0. The number of aliphatic carboxylic acids is 2. The van der Waals surface area contributed by atoms with Gasteiger partial charge < -0.3 is 30.4 Å². The molecule has 0 aliphatic carbocycles. The molecule has 0 fully saturated rings. The van der Waals surface area contributed by atoms with Crippen LogP contribution >= 0.6 is 12.2 Å². The molecule has 0 unspecified atom stereocenters. The summed E-state index contributed by atoms with van der Waals surface area (Å²) in [4.78, 5) is 21.1. The summed E-state index contributed by atoms with van der Waals surface area (Å²) in [6.45, 7) is 0.401. The smallest absolute Gasteiger partial charge is 0.167 e. The summed E-state index contributed by atoms with van der Waals surface area (Å²) in [6.07, 6.45) is -0.713. The van der Waals surface area contributed by atoms with E-state index in [-0.39, 0.29) is 5.11 Å². The number of nitrogens with one attached hydrogen (secondary N) is 2. The second-order valence-corrected chi connectivity index (χ2v) is 4.17. The Bertz CT molecular complexity index is 464. The number of hydrogen-bond donors (Lipinski definition) is 2. The Hall–Kier alpha value is -2.15. The molecule has 0 radical (unpaired) electrons. The molecule has 1 atom stereocenters. The van der Waals surface area contributed by atoms with Crippen molar-refractivity contribution in [1.29, 1.82) is 0 Å². The molecule has 1 aromatic carbocycles. The topological polar surface area (TPSA) is 104 Å². The zero-order valence-corrected chi connectivity index (χ0v) is 10.7. The normalized spacial score (nSPS) is 11.4. The van der Waals surface area contributed by atoms with Gasteiger partial charge in [0.1, 0.15) is 0 Å². The van der Waals surface area contributed by atoms with Crippen LogP contribution in [-0.4, -0.2) is 23.1 Å². The van der Waals surface area contributed by atoms with E-state index in [1.165, 1.54) is 0 Å². The van der Waals surface area contributed by atoms with Gasteiger partial charge in [-0.2, -0.15) is 0 Å². The molecule has 19 heavy (non-hydrogen) atoms. The Morgan fingerprint density at radius 3 is 2.37 bits per heavy atom. The number of carboxylic acid groups (broad SMARTS) is 2. The van der Waals surface area contributed by atoms with Gasteiger partial charge in [0.2, 0.25) is 0 Å². The van der Waals surface area contributed by atoms with E-state index in [0.717, 1.165) is 5.56 Å². The second-order valence-electron chi connectivity index (χ2n) is 3.76. The maximum absolute atomic E-state index is 10.7. The van der Waals surface area contributed by atoms with Crippen LogP contribution in [0.4, 0.5) is 0 Å². The number of thiocarbonyl (C=S) groups is 1. The molecule has 0 aromatic heterocycles. The van der Waals surface area contributed by atoms with E-state index in [1.54, 1.807) is 0 Å². The van der Waals surface area contributed by atoms with Gasteiger partial charge in [-0.25, -0.2) is 0 Å². The predicted octanol–water partition coefficient (Wildman–Crippen LogP) is -2.09. The lowest BCUT2D eigenvalue weighted by molar-refractivity contribution is -0.317. The van der Waals surface area contributed by atoms with Gasteiger partial charge >= 0.3 is 0 Å². The van der Waals surface area contributed by atoms with Crippen molar-refractivity contribution in [2.24, 2.45) is 0 Å². The van der Waals surface area contributed by atoms with Gasteiger partial charge in [-0.1, -0.05) is 30.3 Å². The van der Waals surface area contributed by atoms with Crippen LogP contribution in [0.2, 0.25) is 0 Å². The molecule has 102 valence electrons. The Labute approximate surface area is 115 Å². The molecule has 2 N–H and O–H groups in total. The van der Waals surface area contributed by atoms with Gasteiger partial charge in [0.25, 0.3) is 0 Å². The number of rotatable bonds is 6. The Balaban J connectivity index is 2.45. The highest BCUT2D eigenvalue weighted by molar-refractivity contribution is 7.80. The summed E-state index contributed by atoms with van der Waals surface area (Å²) >= 11 is 4.87. The summed E-state index contributed by atoms with van der Waals surface area (Å²) in [5, 5.41) is 26.2. The van der Waals surface area contributed by atoms with E-state index < -0.39 is 24.4 Å². The monoisotopic (exact) mass is 280 g/mol. The van der Waals surface area contributed by atoms with Crippen molar-refractivity contribution in [3.63, 3.8) is 0 Å². The first-order valence-electron chi connectivity index (χ1n) is 5.48. The number of hydrogen-bond acceptors (Lipinski definition) is 5. The van der Waals surface area contributed by atoms with E-state index in [4.69, 9.17) is 12.2 Å². The lowest BCUT2D eigenvalue weighted by Crippen LogP contribution is -2.52. The first kappa shape index (κ1) is 14.9. The highest BCUT2D eigenvalue weighted by atomic mass is 32.1. The number of benzene rings is 1. The molecule has 0 saturated carbocycles. The lowest BCUT2D eigenvalue weighted by Gasteiger charge is -2.22. The highest BCUT2D eigenvalue weighted by Gasteiger charge is 2.11. The molecule has 0 aliphatic heterocycles. The van der Waals surface area contributed by atoms with Crippen LogP contribution in [0.5, 0.6) is 0 Å². The van der Waals surface area contributed by atoms with Crippen molar-refractivity contribution in [2.45, 2.75) is 19.0 Å². The Morgan fingerprint density at radius 2 is 1.84 bits per heavy atom. The quantitative estimate of drug-likeness (QED) is 0.576. The average molecular weight is 280 g/mol. The van der Waals surface area contributed by atoms with Crippen LogP contribution in [-0.2, 0) is 16.1 Å². The summed E-state index contributed by atoms with van der Waals surface area (Å²) in [5.74, 6) is -3.04. The van der Waals surface area contributed by atoms with Crippen molar-refractivity contribution >= 4 is 29.3 Å². The number of carbonyl (C=O) groups is 2. The fourth-order valence-electron chi connectivity index (χ4n) is 1.35. The summed E-state index contributed by atoms with van der Waals surface area (Å²) in [7, 11) is 0. The average Bonchev–Trinajstić information content (AvgIpc) is 2.36. The lowest BCUT2D eigenvalue weighted by atomic mass is 10.2. The number of carboxylic acids is 2. The Kier molecular flexibility index (Phi) is 5.74. The number of carbonyl (C=O) groups excluding carboxylic acids is 2. The molecule has 7 heteroatoms. The maximum Gasteiger partial charge on any atom is 0.167 e. The molecule has 0 aliphatic rings. The summed E-state index contributed by atoms with van der Waals surface area (Å²) in [5.41, 5.74) is 0.955. The van der Waals surface area contributed by atoms with Gasteiger partial charge in [-0.15, -0.1) is 0 Å². The molecular weight excluding hydrogens is 268 g/mol. The third-order valence-corrected chi connectivity index (χ3v) is 2.52. The highest BCUT2D eigenvalue weighted by Crippen LogP contribution is 1.97. The molecular formula is C12H12N2O4S-2. The molecule has 1 aromatic rings. The standard InChI is InChI=1S/C12H14N2O4S/c15-10(16)6-9(11(17)18)14-12(19)13-7-8-4-2-1-3-5-8/h1-5,9H,6-7H2,(H,15,16)(H,17,18)(H2,13,14,19)/p-2/t9-/m0/s1. The fourth-order valence-corrected chi connectivity index (χ4v) is 1.56. The summed E-state index contributed by atoms with van der Waals surface area (Å²) in [6, 6.07) is 7.90. The molecule has 6 nitrogen and oxygen atoms in total. The third-order valence-electron chi connectivity index (χ3n) is 2.26. The van der Waals surface area contributed by atoms with Crippen molar-refractivity contribution in [3.8, 4) is 0 Å². The van der Waals surface area contributed by atoms with Gasteiger partial charge in [0.15, 0.2) is 5.11 Å². The minimum Gasteiger partial charge on any atom is -0.550 e. The molecule has 0 saturated heterocycles. The molecule has 1 rings (SSSR count). The van der Waals surface area contributed by atoms with Crippen molar-refractivity contribution in [3.05, 3.63) is 35.9 Å². The molecule has 0 bridgehead atoms. The zero-order valence-electron chi connectivity index (χ0n) is 9.92. The van der Waals surface area contributed by atoms with Crippen molar-refractivity contribution in [2.75, 3.05) is 0 Å². The van der Waals surface area contributed by atoms with E-state index in [2.05, 4.69) is 10.6 Å². The minimum absolute atomic E-state index is 0.0410. The van der Waals surface area contributed by atoms with Gasteiger partial charge in [0.05, 0.1) is 12.0 Å². The minimum atomic E-state index is -1.55. The maximum atomic E-state index is 10.7. The van der Waals surface area contributed by atoms with Crippen molar-refractivity contribution in [1.82, 2.24) is 10.6 Å². The van der Waals surface area contributed by atoms with Gasteiger partial charge in [-0.3, -0.25) is 0 Å². The first-order valence-corrected chi connectivity index (χ1v) is 5.89. The van der Waals surface area contributed by atoms with E-state index >= 15 is 0 Å². The first-order chi connectivity index (χ1) is 8.99. The zero-order chi connectivity index (χ0) is 14.3. The second kappa shape index (κ2) is 7.32. The van der Waals surface area contributed by atoms with E-state index in [9.17, 15) is 19.8 Å². The van der Waals surface area contributed by atoms with Crippen LogP contribution in [0, 0.1) is 0 Å². The van der Waals surface area contributed by atoms with Gasteiger partial charge in [-0.05, 0) is 17.8 Å². The van der Waals surface area contributed by atoms with E-state index in [1.807, 2.05) is 30.3 Å². The van der Waals surface area contributed by atoms with Crippen LogP contribution in [0.25, 0.3) is 0 Å². The van der Waals surface area contributed by atoms with E-state index in [0.29, 0.717) is 6.54 Å². The molecule has 0 amide bonds. The largest absolute Gasteiger partial charge is 0.550 e. The van der Waals surface area contributed by atoms with Crippen molar-refractivity contribution < 1.29 is 19.8 Å². The van der Waals surface area contributed by atoms with Crippen LogP contribution in [0.3, 0.4) is 0 Å². The van der Waals surface area contributed by atoms with Gasteiger partial charge in [0, 0.05) is 18.9 Å². The van der Waals surface area contributed by atoms with Crippen LogP contribution < -0.4 is 20.8 Å². The molecule has 0 spiro atoms. The molecule has 0 heterocycles. The SMILES string of the molecule is O=C([O-])C[C@H](NC(=S)NCc1ccccc1)C(=O)[O-]. The Morgan fingerprint density at radius 1 is 1.21 bits per heavy atom. The van der Waals surface area contributed by atoms with Crippen LogP contribution in [0.1, 0.15) is 12.0 Å². The predicted molar refractivity (Wildman–Crippen MR) is 67.4 cm³/mol. The fraction of sp³-hybridized carbons (Fsp3) is 0.250. The van der Waals surface area contributed by atoms with Crippen LogP contribution in [0.15, 0.2) is 30.3 Å².